The lowest BCUT2D eigenvalue weighted by atomic mass is 10.1. The lowest BCUT2D eigenvalue weighted by molar-refractivity contribution is 0.0596. The van der Waals surface area contributed by atoms with Gasteiger partial charge in [-0.25, -0.2) is 13.2 Å². The average Bonchev–Trinajstić information content (AvgIpc) is 2.96. The number of nitrogens with zero attached hydrogens (tertiary/aromatic N) is 1. The van der Waals surface area contributed by atoms with Crippen LogP contribution in [0.5, 0.6) is 0 Å². The highest BCUT2D eigenvalue weighted by molar-refractivity contribution is 7.89. The van der Waals surface area contributed by atoms with E-state index in [0.29, 0.717) is 13.1 Å². The third-order valence-electron chi connectivity index (χ3n) is 3.71. The van der Waals surface area contributed by atoms with Crippen molar-refractivity contribution in [1.82, 2.24) is 9.62 Å². The van der Waals surface area contributed by atoms with Crippen molar-refractivity contribution in [2.45, 2.75) is 11.3 Å². The zero-order valence-electron chi connectivity index (χ0n) is 12.5. The number of carbonyl (C=O) groups excluding carboxylic acids is 1. The van der Waals surface area contributed by atoms with Gasteiger partial charge in [0, 0.05) is 18.1 Å². The number of nitrogens with one attached hydrogen (secondary N) is 1. The number of esters is 1. The molecule has 22 heavy (non-hydrogen) atoms. The number of hydrogen-bond donors (Lipinski definition) is 1. The van der Waals surface area contributed by atoms with Crippen molar-refractivity contribution in [3.05, 3.63) is 28.8 Å². The summed E-state index contributed by atoms with van der Waals surface area (Å²) in [6.45, 7) is 1.61. The Bertz CT molecular complexity index is 663. The zero-order chi connectivity index (χ0) is 16.3. The molecular formula is C14H19ClN2O4S. The van der Waals surface area contributed by atoms with E-state index in [2.05, 4.69) is 10.1 Å². The zero-order valence-corrected chi connectivity index (χ0v) is 14.1. The molecule has 1 saturated heterocycles. The number of methoxy groups -OCH3 is 1. The predicted octanol–water partition coefficient (Wildman–Crippen LogP) is 1.36. The van der Waals surface area contributed by atoms with Gasteiger partial charge >= 0.3 is 5.97 Å². The summed E-state index contributed by atoms with van der Waals surface area (Å²) in [4.78, 5) is 11.7. The molecule has 0 saturated carbocycles. The van der Waals surface area contributed by atoms with Gasteiger partial charge in [-0.1, -0.05) is 11.6 Å². The van der Waals surface area contributed by atoms with Crippen LogP contribution in [0.3, 0.4) is 0 Å². The summed E-state index contributed by atoms with van der Waals surface area (Å²) in [6, 6.07) is 4.15. The molecule has 0 bridgehead atoms. The Morgan fingerprint density at radius 1 is 1.50 bits per heavy atom. The normalized spacial score (nSPS) is 19.3. The Morgan fingerprint density at radius 3 is 2.86 bits per heavy atom. The lowest BCUT2D eigenvalue weighted by Gasteiger charge is -2.18. The van der Waals surface area contributed by atoms with Crippen LogP contribution in [-0.4, -0.2) is 52.5 Å². The standard InChI is InChI=1S/C14H19ClN2O4S/c1-16-8-10-5-6-17(9-10)22(19,20)13-7-11(15)3-4-12(13)14(18)21-2/h3-4,7,10,16H,5-6,8-9H2,1-2H3. The first-order chi connectivity index (χ1) is 10.4. The van der Waals surface area contributed by atoms with E-state index in [4.69, 9.17) is 11.6 Å². The van der Waals surface area contributed by atoms with Crippen molar-refractivity contribution in [2.24, 2.45) is 5.92 Å². The van der Waals surface area contributed by atoms with E-state index in [1.807, 2.05) is 7.05 Å². The molecule has 1 heterocycles. The van der Waals surface area contributed by atoms with Crippen LogP contribution in [0.15, 0.2) is 23.1 Å². The number of rotatable bonds is 5. The fourth-order valence-corrected chi connectivity index (χ4v) is 4.57. The summed E-state index contributed by atoms with van der Waals surface area (Å²) in [5.41, 5.74) is 0.00367. The smallest absolute Gasteiger partial charge is 0.339 e. The number of sulfonamides is 1. The molecule has 0 spiro atoms. The van der Waals surface area contributed by atoms with Crippen molar-refractivity contribution >= 4 is 27.6 Å². The van der Waals surface area contributed by atoms with Crippen LogP contribution in [-0.2, 0) is 14.8 Å². The van der Waals surface area contributed by atoms with E-state index < -0.39 is 16.0 Å². The molecular weight excluding hydrogens is 328 g/mol. The van der Waals surface area contributed by atoms with Crippen molar-refractivity contribution in [2.75, 3.05) is 33.8 Å². The Hall–Kier alpha value is -1.15. The van der Waals surface area contributed by atoms with Crippen LogP contribution < -0.4 is 5.32 Å². The molecule has 0 aromatic heterocycles. The van der Waals surface area contributed by atoms with Crippen molar-refractivity contribution in [1.29, 1.82) is 0 Å². The summed E-state index contributed by atoms with van der Waals surface area (Å²) in [5, 5.41) is 3.31. The van der Waals surface area contributed by atoms with Gasteiger partial charge in [-0.15, -0.1) is 0 Å². The van der Waals surface area contributed by atoms with Gasteiger partial charge in [0.25, 0.3) is 0 Å². The predicted molar refractivity (Wildman–Crippen MR) is 83.6 cm³/mol. The van der Waals surface area contributed by atoms with Gasteiger partial charge in [-0.2, -0.15) is 4.31 Å². The molecule has 1 atom stereocenters. The molecule has 0 amide bonds. The molecule has 1 fully saturated rings. The summed E-state index contributed by atoms with van der Waals surface area (Å²) >= 11 is 5.91. The first-order valence-electron chi connectivity index (χ1n) is 6.92. The molecule has 8 heteroatoms. The highest BCUT2D eigenvalue weighted by Gasteiger charge is 2.34. The van der Waals surface area contributed by atoms with Crippen LogP contribution in [0.4, 0.5) is 0 Å². The quantitative estimate of drug-likeness (QED) is 0.815. The largest absolute Gasteiger partial charge is 0.465 e. The Kier molecular flexibility index (Phi) is 5.44. The lowest BCUT2D eigenvalue weighted by Crippen LogP contribution is -2.31. The minimum Gasteiger partial charge on any atom is -0.465 e. The number of carbonyl (C=O) groups is 1. The van der Waals surface area contributed by atoms with Crippen LogP contribution in [0.1, 0.15) is 16.8 Å². The van der Waals surface area contributed by atoms with Gasteiger partial charge in [0.15, 0.2) is 0 Å². The second-order valence-corrected chi connectivity index (χ2v) is 7.55. The maximum Gasteiger partial charge on any atom is 0.339 e. The molecule has 1 unspecified atom stereocenters. The minimum absolute atomic E-state index is 0.00367. The van der Waals surface area contributed by atoms with Crippen molar-refractivity contribution in [3.63, 3.8) is 0 Å². The molecule has 1 aliphatic rings. The third kappa shape index (κ3) is 3.43. The first kappa shape index (κ1) is 17.2. The molecule has 0 radical (unpaired) electrons. The van der Waals surface area contributed by atoms with Gasteiger partial charge in [-0.05, 0) is 44.1 Å². The van der Waals surface area contributed by atoms with Crippen LogP contribution >= 0.6 is 11.6 Å². The highest BCUT2D eigenvalue weighted by Crippen LogP contribution is 2.28. The van der Waals surface area contributed by atoms with Gasteiger partial charge in [0.1, 0.15) is 0 Å². The van der Waals surface area contributed by atoms with E-state index in [9.17, 15) is 13.2 Å². The Morgan fingerprint density at radius 2 is 2.23 bits per heavy atom. The molecule has 122 valence electrons. The van der Waals surface area contributed by atoms with Gasteiger partial charge in [0.2, 0.25) is 10.0 Å². The molecule has 2 rings (SSSR count). The molecule has 0 aliphatic carbocycles. The number of benzene rings is 1. The second kappa shape index (κ2) is 6.95. The van der Waals surface area contributed by atoms with Crippen LogP contribution in [0.25, 0.3) is 0 Å². The van der Waals surface area contributed by atoms with Crippen LogP contribution in [0.2, 0.25) is 5.02 Å². The summed E-state index contributed by atoms with van der Waals surface area (Å²) in [7, 11) is -0.727. The second-order valence-electron chi connectivity index (χ2n) is 5.21. The first-order valence-corrected chi connectivity index (χ1v) is 8.74. The third-order valence-corrected chi connectivity index (χ3v) is 5.85. The van der Waals surface area contributed by atoms with Crippen molar-refractivity contribution in [3.8, 4) is 0 Å². The fourth-order valence-electron chi connectivity index (χ4n) is 2.60. The van der Waals surface area contributed by atoms with Crippen LogP contribution in [0, 0.1) is 5.92 Å². The Balaban J connectivity index is 2.37. The van der Waals surface area contributed by atoms with Gasteiger partial charge in [0.05, 0.1) is 17.6 Å². The van der Waals surface area contributed by atoms with E-state index in [0.717, 1.165) is 13.0 Å². The maximum absolute atomic E-state index is 12.8. The minimum atomic E-state index is -3.78. The summed E-state index contributed by atoms with van der Waals surface area (Å²) in [6.07, 6.45) is 0.786. The number of hydrogen-bond acceptors (Lipinski definition) is 5. The van der Waals surface area contributed by atoms with E-state index >= 15 is 0 Å². The molecule has 1 aromatic carbocycles. The topological polar surface area (TPSA) is 75.7 Å². The Labute approximate surface area is 135 Å². The SMILES string of the molecule is CNCC1CCN(S(=O)(=O)c2cc(Cl)ccc2C(=O)OC)C1. The van der Waals surface area contributed by atoms with Crippen molar-refractivity contribution < 1.29 is 17.9 Å². The summed E-state index contributed by atoms with van der Waals surface area (Å²) in [5.74, 6) is -0.429. The van der Waals surface area contributed by atoms with E-state index in [-0.39, 0.29) is 21.4 Å². The monoisotopic (exact) mass is 346 g/mol. The fraction of sp³-hybridized carbons (Fsp3) is 0.500. The summed E-state index contributed by atoms with van der Waals surface area (Å²) < 4.78 is 31.7. The molecule has 1 aliphatic heterocycles. The highest BCUT2D eigenvalue weighted by atomic mass is 35.5. The molecule has 1 aromatic rings. The molecule has 1 N–H and O–H groups in total. The average molecular weight is 347 g/mol. The van der Waals surface area contributed by atoms with E-state index in [1.165, 1.54) is 29.6 Å². The molecule has 6 nitrogen and oxygen atoms in total. The number of ether oxygens (including phenoxy) is 1. The van der Waals surface area contributed by atoms with Gasteiger partial charge < -0.3 is 10.1 Å². The number of halogens is 1. The van der Waals surface area contributed by atoms with Gasteiger partial charge in [-0.3, -0.25) is 0 Å². The maximum atomic E-state index is 12.8. The van der Waals surface area contributed by atoms with E-state index in [1.54, 1.807) is 0 Å².